The third kappa shape index (κ3) is 3.44. The molecule has 0 aliphatic carbocycles. The van der Waals surface area contributed by atoms with Crippen LogP contribution in [0.1, 0.15) is 27.5 Å². The molecule has 0 fully saturated rings. The summed E-state index contributed by atoms with van der Waals surface area (Å²) < 4.78 is 27.0. The number of furan rings is 1. The van der Waals surface area contributed by atoms with Gasteiger partial charge in [0.2, 0.25) is 5.09 Å². The normalized spacial score (nSPS) is 11.4. The van der Waals surface area contributed by atoms with Crippen molar-refractivity contribution in [3.63, 3.8) is 0 Å². The van der Waals surface area contributed by atoms with E-state index in [0.29, 0.717) is 0 Å². The van der Waals surface area contributed by atoms with Crippen LogP contribution < -0.4 is 10.5 Å². The van der Waals surface area contributed by atoms with Crippen LogP contribution in [0.3, 0.4) is 0 Å². The van der Waals surface area contributed by atoms with Gasteiger partial charge in [0, 0.05) is 23.5 Å². The number of sulfonamides is 1. The molecule has 0 saturated carbocycles. The maximum absolute atomic E-state index is 11.9. The number of amides is 1. The van der Waals surface area contributed by atoms with Crippen molar-refractivity contribution in [2.45, 2.75) is 25.5 Å². The Morgan fingerprint density at radius 1 is 1.29 bits per heavy atom. The zero-order valence-corrected chi connectivity index (χ0v) is 12.3. The van der Waals surface area contributed by atoms with Crippen LogP contribution in [0, 0.1) is 13.8 Å². The molecule has 0 saturated heterocycles. The van der Waals surface area contributed by atoms with E-state index in [2.05, 4.69) is 15.3 Å². The van der Waals surface area contributed by atoms with Crippen LogP contribution in [-0.2, 0) is 16.6 Å². The topological polar surface area (TPSA) is 128 Å². The fraction of sp³-hybridized carbons (Fsp3) is 0.250. The Morgan fingerprint density at radius 2 is 1.90 bits per heavy atom. The number of aromatic nitrogens is 2. The van der Waals surface area contributed by atoms with Crippen molar-refractivity contribution >= 4 is 15.9 Å². The van der Waals surface area contributed by atoms with E-state index in [4.69, 9.17) is 9.56 Å². The van der Waals surface area contributed by atoms with Gasteiger partial charge >= 0.3 is 0 Å². The first-order valence-electron chi connectivity index (χ1n) is 5.97. The highest BCUT2D eigenvalue weighted by molar-refractivity contribution is 7.89. The molecule has 0 aliphatic heterocycles. The fourth-order valence-electron chi connectivity index (χ4n) is 1.73. The monoisotopic (exact) mass is 310 g/mol. The second-order valence-electron chi connectivity index (χ2n) is 4.37. The number of rotatable bonds is 4. The number of primary sulfonamides is 1. The average molecular weight is 310 g/mol. The van der Waals surface area contributed by atoms with Crippen molar-refractivity contribution in [2.75, 3.05) is 0 Å². The second-order valence-corrected chi connectivity index (χ2v) is 5.86. The number of nitrogens with one attached hydrogen (secondary N) is 1. The van der Waals surface area contributed by atoms with E-state index in [-0.39, 0.29) is 12.3 Å². The predicted molar refractivity (Wildman–Crippen MR) is 72.8 cm³/mol. The zero-order chi connectivity index (χ0) is 15.6. The number of aryl methyl sites for hydroxylation is 2. The minimum atomic E-state index is -3.96. The van der Waals surface area contributed by atoms with Gasteiger partial charge in [-0.3, -0.25) is 4.79 Å². The van der Waals surface area contributed by atoms with E-state index in [1.165, 1.54) is 12.4 Å². The van der Waals surface area contributed by atoms with Crippen LogP contribution in [0.2, 0.25) is 0 Å². The lowest BCUT2D eigenvalue weighted by Gasteiger charge is -2.08. The maximum atomic E-state index is 11.9. The van der Waals surface area contributed by atoms with Gasteiger partial charge in [-0.1, -0.05) is 0 Å². The molecule has 0 bridgehead atoms. The molecule has 3 N–H and O–H groups in total. The SMILES string of the molecule is Cc1ncnc(C)c1CNC(=O)c1ccc(S(N)(=O)=O)o1. The largest absolute Gasteiger partial charge is 0.438 e. The predicted octanol–water partition coefficient (Wildman–Crippen LogP) is 0.264. The summed E-state index contributed by atoms with van der Waals surface area (Å²) in [5, 5.41) is 7.06. The van der Waals surface area contributed by atoms with Crippen molar-refractivity contribution in [3.8, 4) is 0 Å². The van der Waals surface area contributed by atoms with E-state index >= 15 is 0 Å². The van der Waals surface area contributed by atoms with Gasteiger partial charge in [-0.15, -0.1) is 0 Å². The molecule has 112 valence electrons. The van der Waals surface area contributed by atoms with Crippen molar-refractivity contribution < 1.29 is 17.6 Å². The summed E-state index contributed by atoms with van der Waals surface area (Å²) in [4.78, 5) is 20.0. The molecule has 2 aromatic rings. The first-order valence-corrected chi connectivity index (χ1v) is 7.51. The van der Waals surface area contributed by atoms with Crippen molar-refractivity contribution in [3.05, 3.63) is 41.2 Å². The summed E-state index contributed by atoms with van der Waals surface area (Å²) in [6.07, 6.45) is 1.45. The Labute approximate surface area is 121 Å². The number of carbonyl (C=O) groups is 1. The fourth-order valence-corrected chi connectivity index (χ4v) is 2.19. The van der Waals surface area contributed by atoms with E-state index in [1.54, 1.807) is 0 Å². The second kappa shape index (κ2) is 5.62. The van der Waals surface area contributed by atoms with Crippen LogP contribution >= 0.6 is 0 Å². The maximum Gasteiger partial charge on any atom is 0.287 e. The highest BCUT2D eigenvalue weighted by atomic mass is 32.2. The van der Waals surface area contributed by atoms with Gasteiger partial charge in [-0.2, -0.15) is 0 Å². The molecular formula is C12H14N4O4S. The molecule has 9 heteroatoms. The minimum absolute atomic E-state index is 0.133. The summed E-state index contributed by atoms with van der Waals surface area (Å²) in [5.41, 5.74) is 2.31. The van der Waals surface area contributed by atoms with Crippen molar-refractivity contribution in [1.29, 1.82) is 0 Å². The number of hydrogen-bond acceptors (Lipinski definition) is 6. The van der Waals surface area contributed by atoms with Gasteiger partial charge in [0.1, 0.15) is 6.33 Å². The highest BCUT2D eigenvalue weighted by Gasteiger charge is 2.17. The first-order chi connectivity index (χ1) is 9.79. The van der Waals surface area contributed by atoms with Crippen LogP contribution in [0.25, 0.3) is 0 Å². The summed E-state index contributed by atoms with van der Waals surface area (Å²) >= 11 is 0. The molecule has 0 atom stereocenters. The minimum Gasteiger partial charge on any atom is -0.438 e. The lowest BCUT2D eigenvalue weighted by atomic mass is 10.2. The molecular weight excluding hydrogens is 296 g/mol. The molecule has 0 radical (unpaired) electrons. The summed E-state index contributed by atoms with van der Waals surface area (Å²) in [5.74, 6) is -0.682. The Kier molecular flexibility index (Phi) is 4.05. The quantitative estimate of drug-likeness (QED) is 0.833. The van der Waals surface area contributed by atoms with Crippen molar-refractivity contribution in [1.82, 2.24) is 15.3 Å². The van der Waals surface area contributed by atoms with Gasteiger partial charge in [-0.05, 0) is 26.0 Å². The first kappa shape index (κ1) is 15.1. The molecule has 2 rings (SSSR count). The summed E-state index contributed by atoms with van der Waals surface area (Å²) in [6, 6.07) is 2.38. The number of nitrogens with zero attached hydrogens (tertiary/aromatic N) is 2. The molecule has 0 aliphatic rings. The third-order valence-corrected chi connectivity index (χ3v) is 3.67. The number of hydrogen-bond donors (Lipinski definition) is 2. The van der Waals surface area contributed by atoms with Gasteiger partial charge < -0.3 is 9.73 Å². The Bertz CT molecular complexity index is 762. The van der Waals surface area contributed by atoms with E-state index in [9.17, 15) is 13.2 Å². The molecule has 1 amide bonds. The lowest BCUT2D eigenvalue weighted by molar-refractivity contribution is 0.0917. The Morgan fingerprint density at radius 3 is 2.43 bits per heavy atom. The van der Waals surface area contributed by atoms with Crippen LogP contribution in [0.4, 0.5) is 0 Å². The van der Waals surface area contributed by atoms with Crippen LogP contribution in [0.15, 0.2) is 28.0 Å². The Balaban J connectivity index is 2.11. The third-order valence-electron chi connectivity index (χ3n) is 2.89. The van der Waals surface area contributed by atoms with E-state index < -0.39 is 21.0 Å². The number of carbonyl (C=O) groups excluding carboxylic acids is 1. The van der Waals surface area contributed by atoms with Gasteiger partial charge in [0.15, 0.2) is 5.76 Å². The molecule has 0 spiro atoms. The molecule has 0 unspecified atom stereocenters. The Hall–Kier alpha value is -2.26. The van der Waals surface area contributed by atoms with Crippen LogP contribution in [0.5, 0.6) is 0 Å². The van der Waals surface area contributed by atoms with E-state index in [0.717, 1.165) is 23.0 Å². The summed E-state index contributed by atoms with van der Waals surface area (Å²) in [6.45, 7) is 3.83. The highest BCUT2D eigenvalue weighted by Crippen LogP contribution is 2.13. The average Bonchev–Trinajstić information content (AvgIpc) is 2.87. The lowest BCUT2D eigenvalue weighted by Crippen LogP contribution is -2.23. The van der Waals surface area contributed by atoms with Crippen LogP contribution in [-0.4, -0.2) is 24.3 Å². The standard InChI is InChI=1S/C12H14N4O4S/c1-7-9(8(2)16-6-15-7)5-14-12(17)10-3-4-11(20-10)21(13,18)19/h3-4,6H,5H2,1-2H3,(H,14,17)(H2,13,18,19). The molecule has 2 heterocycles. The zero-order valence-electron chi connectivity index (χ0n) is 11.5. The van der Waals surface area contributed by atoms with Gasteiger partial charge in [-0.25, -0.2) is 23.5 Å². The van der Waals surface area contributed by atoms with E-state index in [1.807, 2.05) is 13.8 Å². The molecule has 0 aromatic carbocycles. The molecule has 21 heavy (non-hydrogen) atoms. The number of nitrogens with two attached hydrogens (primary N) is 1. The molecule has 8 nitrogen and oxygen atoms in total. The molecule has 2 aromatic heterocycles. The van der Waals surface area contributed by atoms with Crippen molar-refractivity contribution in [2.24, 2.45) is 5.14 Å². The van der Waals surface area contributed by atoms with Gasteiger partial charge in [0.05, 0.1) is 0 Å². The van der Waals surface area contributed by atoms with Gasteiger partial charge in [0.25, 0.3) is 15.9 Å². The summed E-state index contributed by atoms with van der Waals surface area (Å²) in [7, 11) is -3.96. The smallest absolute Gasteiger partial charge is 0.287 e.